The number of carbonyl (C=O) groups is 1. The largest absolute Gasteiger partial charge is 0.478 e. The lowest BCUT2D eigenvalue weighted by Gasteiger charge is -2.41. The Morgan fingerprint density at radius 1 is 1.00 bits per heavy atom. The highest BCUT2D eigenvalue weighted by molar-refractivity contribution is 5.94. The number of tetrazole rings is 1. The number of hydrogen-bond donors (Lipinski definition) is 1. The fourth-order valence-corrected chi connectivity index (χ4v) is 5.53. The Labute approximate surface area is 191 Å². The number of nitrogens with zero attached hydrogens (tertiary/aromatic N) is 5. The number of benzene rings is 3. The van der Waals surface area contributed by atoms with E-state index in [-0.39, 0.29) is 6.04 Å². The van der Waals surface area contributed by atoms with Crippen LogP contribution in [0, 0.1) is 0 Å². The van der Waals surface area contributed by atoms with E-state index in [1.165, 1.54) is 11.1 Å². The summed E-state index contributed by atoms with van der Waals surface area (Å²) in [5.41, 5.74) is 4.38. The first-order valence-corrected chi connectivity index (χ1v) is 11.2. The molecule has 3 aromatic carbocycles. The predicted molar refractivity (Wildman–Crippen MR) is 125 cm³/mol. The molecule has 1 N–H and O–H groups in total. The van der Waals surface area contributed by atoms with Crippen LogP contribution in [0.1, 0.15) is 48.5 Å². The zero-order chi connectivity index (χ0) is 22.5. The molecule has 2 atom stereocenters. The molecule has 6 rings (SSSR count). The van der Waals surface area contributed by atoms with Gasteiger partial charge in [-0.1, -0.05) is 71.8 Å². The number of aromatic nitrogens is 4. The summed E-state index contributed by atoms with van der Waals surface area (Å²) in [6.45, 7) is 1.89. The maximum atomic E-state index is 12.7. The fourth-order valence-electron chi connectivity index (χ4n) is 5.53. The molecule has 0 fully saturated rings. The summed E-state index contributed by atoms with van der Waals surface area (Å²) in [4.78, 5) is 14.8. The van der Waals surface area contributed by atoms with Crippen molar-refractivity contribution in [1.29, 1.82) is 0 Å². The van der Waals surface area contributed by atoms with E-state index in [1.54, 1.807) is 4.68 Å². The SMILES string of the molecule is CC1=C(C(=O)O)C(c2cccc3ccccc23)n2nnnc2N1C1CCCc2ccccc21. The van der Waals surface area contributed by atoms with Crippen molar-refractivity contribution >= 4 is 22.7 Å². The van der Waals surface area contributed by atoms with Crippen LogP contribution in [0.5, 0.6) is 0 Å². The van der Waals surface area contributed by atoms with Gasteiger partial charge in [0.2, 0.25) is 0 Å². The van der Waals surface area contributed by atoms with Crippen LogP contribution in [-0.2, 0) is 11.2 Å². The first kappa shape index (κ1) is 19.7. The van der Waals surface area contributed by atoms with Gasteiger partial charge in [-0.3, -0.25) is 0 Å². The number of allylic oxidation sites excluding steroid dienone is 1. The van der Waals surface area contributed by atoms with E-state index in [1.807, 2.05) is 60.4 Å². The maximum absolute atomic E-state index is 12.7. The number of aryl methyl sites for hydroxylation is 1. The van der Waals surface area contributed by atoms with Crippen LogP contribution in [0.2, 0.25) is 0 Å². The van der Waals surface area contributed by atoms with Crippen molar-refractivity contribution in [3.05, 3.63) is 94.7 Å². The Morgan fingerprint density at radius 2 is 1.76 bits per heavy atom. The molecule has 33 heavy (non-hydrogen) atoms. The molecule has 7 heteroatoms. The quantitative estimate of drug-likeness (QED) is 0.501. The molecule has 1 aliphatic heterocycles. The number of aliphatic carboxylic acids is 1. The summed E-state index contributed by atoms with van der Waals surface area (Å²) in [5.74, 6) is -0.377. The lowest BCUT2D eigenvalue weighted by atomic mass is 9.85. The van der Waals surface area contributed by atoms with Crippen molar-refractivity contribution in [2.24, 2.45) is 0 Å². The molecule has 1 aromatic heterocycles. The van der Waals surface area contributed by atoms with Crippen LogP contribution in [0.3, 0.4) is 0 Å². The molecule has 0 saturated heterocycles. The summed E-state index contributed by atoms with van der Waals surface area (Å²) < 4.78 is 1.68. The van der Waals surface area contributed by atoms with Crippen molar-refractivity contribution < 1.29 is 9.90 Å². The summed E-state index contributed by atoms with van der Waals surface area (Å²) in [5, 5.41) is 25.2. The highest BCUT2D eigenvalue weighted by Gasteiger charge is 2.41. The van der Waals surface area contributed by atoms with Gasteiger partial charge in [0.05, 0.1) is 11.6 Å². The Balaban J connectivity index is 1.59. The lowest BCUT2D eigenvalue weighted by molar-refractivity contribution is -0.133. The Morgan fingerprint density at radius 3 is 2.64 bits per heavy atom. The standard InChI is InChI=1S/C26H23N5O2/c1-16-23(25(32)33)24(21-14-6-10-17-8-2-4-12-19(17)21)31-26(27-28-29-31)30(16)22-15-7-11-18-9-3-5-13-20(18)22/h2-6,8-10,12-14,22,24H,7,11,15H2,1H3,(H,32,33). The molecule has 1 aliphatic carbocycles. The van der Waals surface area contributed by atoms with Crippen molar-refractivity contribution in [2.75, 3.05) is 4.90 Å². The van der Waals surface area contributed by atoms with Gasteiger partial charge in [0.25, 0.3) is 5.95 Å². The molecule has 0 bridgehead atoms. The molecule has 7 nitrogen and oxygen atoms in total. The number of carboxylic acids is 1. The van der Waals surface area contributed by atoms with Crippen LogP contribution >= 0.6 is 0 Å². The third-order valence-electron chi connectivity index (χ3n) is 6.96. The smallest absolute Gasteiger partial charge is 0.335 e. The molecule has 0 spiro atoms. The number of rotatable bonds is 3. The first-order valence-electron chi connectivity index (χ1n) is 11.2. The molecule has 164 valence electrons. The molecule has 0 radical (unpaired) electrons. The molecule has 2 heterocycles. The third-order valence-corrected chi connectivity index (χ3v) is 6.96. The van der Waals surface area contributed by atoms with Crippen LogP contribution in [-0.4, -0.2) is 31.3 Å². The van der Waals surface area contributed by atoms with E-state index in [9.17, 15) is 9.90 Å². The summed E-state index contributed by atoms with van der Waals surface area (Å²) >= 11 is 0. The predicted octanol–water partition coefficient (Wildman–Crippen LogP) is 4.67. The molecule has 2 unspecified atom stereocenters. The van der Waals surface area contributed by atoms with Gasteiger partial charge < -0.3 is 10.0 Å². The first-order chi connectivity index (χ1) is 16.1. The Kier molecular flexibility index (Phi) is 4.50. The van der Waals surface area contributed by atoms with Crippen LogP contribution in [0.15, 0.2) is 78.0 Å². The minimum Gasteiger partial charge on any atom is -0.478 e. The zero-order valence-corrected chi connectivity index (χ0v) is 18.2. The average Bonchev–Trinajstić information content (AvgIpc) is 3.32. The zero-order valence-electron chi connectivity index (χ0n) is 18.2. The highest BCUT2D eigenvalue weighted by Crippen LogP contribution is 2.45. The van der Waals surface area contributed by atoms with Gasteiger partial charge in [-0.25, -0.2) is 4.79 Å². The van der Waals surface area contributed by atoms with Crippen molar-refractivity contribution in [2.45, 2.75) is 38.3 Å². The van der Waals surface area contributed by atoms with Crippen LogP contribution < -0.4 is 4.90 Å². The van der Waals surface area contributed by atoms with E-state index in [0.717, 1.165) is 35.6 Å². The topological polar surface area (TPSA) is 84.1 Å². The highest BCUT2D eigenvalue weighted by atomic mass is 16.4. The summed E-state index contributed by atoms with van der Waals surface area (Å²) in [6.07, 6.45) is 2.97. The molecular weight excluding hydrogens is 414 g/mol. The Hall–Kier alpha value is -4.00. The third kappa shape index (κ3) is 2.96. The number of hydrogen-bond acceptors (Lipinski definition) is 5. The average molecular weight is 438 g/mol. The molecule has 0 saturated carbocycles. The van der Waals surface area contributed by atoms with Crippen LogP contribution in [0.4, 0.5) is 5.95 Å². The summed E-state index contributed by atoms with van der Waals surface area (Å²) in [7, 11) is 0. The van der Waals surface area contributed by atoms with Crippen molar-refractivity contribution in [3.8, 4) is 0 Å². The van der Waals surface area contributed by atoms with E-state index in [2.05, 4.69) is 33.7 Å². The van der Waals surface area contributed by atoms with Gasteiger partial charge >= 0.3 is 5.97 Å². The minimum absolute atomic E-state index is 0.0116. The Bertz CT molecular complexity index is 1420. The van der Waals surface area contributed by atoms with Gasteiger partial charge in [0, 0.05) is 5.70 Å². The van der Waals surface area contributed by atoms with Gasteiger partial charge in [-0.2, -0.15) is 4.68 Å². The number of carboxylic acid groups (broad SMARTS) is 1. The second-order valence-electron chi connectivity index (χ2n) is 8.68. The second-order valence-corrected chi connectivity index (χ2v) is 8.68. The van der Waals surface area contributed by atoms with Crippen molar-refractivity contribution in [3.63, 3.8) is 0 Å². The number of anilines is 1. The summed E-state index contributed by atoms with van der Waals surface area (Å²) in [6, 6.07) is 21.7. The van der Waals surface area contributed by atoms with E-state index in [0.29, 0.717) is 17.2 Å². The van der Waals surface area contributed by atoms with Gasteiger partial charge in [-0.05, 0) is 64.1 Å². The molecule has 4 aromatic rings. The van der Waals surface area contributed by atoms with Gasteiger partial charge in [0.15, 0.2) is 0 Å². The van der Waals surface area contributed by atoms with Crippen molar-refractivity contribution in [1.82, 2.24) is 20.2 Å². The minimum atomic E-state index is -0.958. The molecule has 2 aliphatic rings. The monoisotopic (exact) mass is 437 g/mol. The van der Waals surface area contributed by atoms with Crippen LogP contribution in [0.25, 0.3) is 10.8 Å². The lowest BCUT2D eigenvalue weighted by Crippen LogP contribution is -2.39. The fraction of sp³-hybridized carbons (Fsp3) is 0.231. The maximum Gasteiger partial charge on any atom is 0.335 e. The van der Waals surface area contributed by atoms with Gasteiger partial charge in [-0.15, -0.1) is 0 Å². The van der Waals surface area contributed by atoms with E-state index in [4.69, 9.17) is 0 Å². The normalized spacial score (nSPS) is 20.0. The van der Waals surface area contributed by atoms with E-state index >= 15 is 0 Å². The molecule has 0 amide bonds. The molecular formula is C26H23N5O2. The second kappa shape index (κ2) is 7.55. The van der Waals surface area contributed by atoms with Gasteiger partial charge in [0.1, 0.15) is 6.04 Å². The number of fused-ring (bicyclic) bond motifs is 3. The van der Waals surface area contributed by atoms with E-state index < -0.39 is 12.0 Å².